The number of aryl methyl sites for hydroxylation is 1. The monoisotopic (exact) mass is 324 g/mol. The first-order valence-corrected chi connectivity index (χ1v) is 8.27. The molecule has 0 saturated carbocycles. The highest BCUT2D eigenvalue weighted by Crippen LogP contribution is 2.26. The first-order chi connectivity index (χ1) is 11.8. The van der Waals surface area contributed by atoms with Gasteiger partial charge in [0.25, 0.3) is 0 Å². The van der Waals surface area contributed by atoms with Crippen molar-refractivity contribution in [3.05, 3.63) is 42.0 Å². The van der Waals surface area contributed by atoms with E-state index < -0.39 is 0 Å². The fraction of sp³-hybridized carbons (Fsp3) is 0.353. The number of nitrogens with one attached hydrogen (secondary N) is 4. The predicted octanol–water partition coefficient (Wildman–Crippen LogP) is 1.93. The van der Waals surface area contributed by atoms with E-state index in [9.17, 15) is 4.79 Å². The minimum absolute atomic E-state index is 0.0240. The molecule has 1 amide bonds. The summed E-state index contributed by atoms with van der Waals surface area (Å²) in [6.07, 6.45) is 3.71. The molecule has 7 nitrogen and oxygen atoms in total. The molecule has 124 valence electrons. The molecule has 1 aliphatic rings. The third-order valence-corrected chi connectivity index (χ3v) is 4.44. The zero-order valence-electron chi connectivity index (χ0n) is 13.3. The predicted molar refractivity (Wildman–Crippen MR) is 91.9 cm³/mol. The smallest absolute Gasteiger partial charge is 0.224 e. The number of carbonyl (C=O) groups is 1. The van der Waals surface area contributed by atoms with Gasteiger partial charge >= 0.3 is 0 Å². The number of amides is 1. The standard InChI is InChI=1S/C17H20N6O/c24-16(6-5-15-20-12-3-1-2-4-13(12)21-15)22-14-10-19-23-17(14)11-7-8-18-9-11/h1-4,10-11,18H,5-9H2,(H,19,23)(H,20,21)(H,22,24). The van der Waals surface area contributed by atoms with Crippen LogP contribution in [0.2, 0.25) is 0 Å². The summed E-state index contributed by atoms with van der Waals surface area (Å²) in [5.41, 5.74) is 3.73. The average Bonchev–Trinajstić information content (AvgIpc) is 3.32. The van der Waals surface area contributed by atoms with Gasteiger partial charge in [0.1, 0.15) is 5.82 Å². The lowest BCUT2D eigenvalue weighted by atomic mass is 10.0. The van der Waals surface area contributed by atoms with Crippen molar-refractivity contribution in [3.63, 3.8) is 0 Å². The molecular formula is C17H20N6O. The van der Waals surface area contributed by atoms with Gasteiger partial charge in [0.05, 0.1) is 28.6 Å². The fourth-order valence-corrected chi connectivity index (χ4v) is 3.18. The molecule has 0 bridgehead atoms. The molecule has 1 fully saturated rings. The van der Waals surface area contributed by atoms with Crippen LogP contribution in [-0.2, 0) is 11.2 Å². The first-order valence-electron chi connectivity index (χ1n) is 8.27. The van der Waals surface area contributed by atoms with Crippen LogP contribution < -0.4 is 10.6 Å². The van der Waals surface area contributed by atoms with Gasteiger partial charge < -0.3 is 15.6 Å². The molecule has 0 aliphatic carbocycles. The van der Waals surface area contributed by atoms with Gasteiger partial charge in [-0.3, -0.25) is 9.89 Å². The van der Waals surface area contributed by atoms with Gasteiger partial charge in [-0.15, -0.1) is 0 Å². The number of nitrogens with zero attached hydrogens (tertiary/aromatic N) is 2. The number of benzene rings is 1. The van der Waals surface area contributed by atoms with Crippen molar-refractivity contribution >= 4 is 22.6 Å². The number of imidazole rings is 1. The number of hydrogen-bond donors (Lipinski definition) is 4. The summed E-state index contributed by atoms with van der Waals surface area (Å²) in [6, 6.07) is 7.87. The molecule has 1 aliphatic heterocycles. The van der Waals surface area contributed by atoms with Gasteiger partial charge in [0.15, 0.2) is 0 Å². The number of H-pyrrole nitrogens is 2. The number of anilines is 1. The number of para-hydroxylation sites is 2. The lowest BCUT2D eigenvalue weighted by Gasteiger charge is -2.10. The van der Waals surface area contributed by atoms with E-state index in [0.717, 1.165) is 47.7 Å². The van der Waals surface area contributed by atoms with Crippen LogP contribution >= 0.6 is 0 Å². The van der Waals surface area contributed by atoms with Crippen LogP contribution in [0.5, 0.6) is 0 Å². The molecule has 3 heterocycles. The van der Waals surface area contributed by atoms with E-state index in [-0.39, 0.29) is 5.91 Å². The van der Waals surface area contributed by atoms with Crippen LogP contribution in [0.3, 0.4) is 0 Å². The molecule has 3 aromatic rings. The maximum atomic E-state index is 12.3. The van der Waals surface area contributed by atoms with Crippen molar-refractivity contribution in [2.24, 2.45) is 0 Å². The highest BCUT2D eigenvalue weighted by molar-refractivity contribution is 5.91. The zero-order valence-corrected chi connectivity index (χ0v) is 13.3. The van der Waals surface area contributed by atoms with Gasteiger partial charge in [0.2, 0.25) is 5.91 Å². The summed E-state index contributed by atoms with van der Waals surface area (Å²) in [4.78, 5) is 20.0. The third kappa shape index (κ3) is 3.03. The molecule has 1 saturated heterocycles. The minimum atomic E-state index is -0.0240. The Morgan fingerprint density at radius 1 is 1.33 bits per heavy atom. The number of hydrogen-bond acceptors (Lipinski definition) is 4. The average molecular weight is 324 g/mol. The Morgan fingerprint density at radius 2 is 2.25 bits per heavy atom. The quantitative estimate of drug-likeness (QED) is 0.576. The van der Waals surface area contributed by atoms with E-state index in [1.165, 1.54) is 0 Å². The molecule has 1 unspecified atom stereocenters. The molecular weight excluding hydrogens is 304 g/mol. The molecule has 0 spiro atoms. The second-order valence-electron chi connectivity index (χ2n) is 6.14. The molecule has 0 radical (unpaired) electrons. The maximum absolute atomic E-state index is 12.3. The number of aromatic amines is 2. The summed E-state index contributed by atoms with van der Waals surface area (Å²) in [5.74, 6) is 1.20. The van der Waals surface area contributed by atoms with Gasteiger partial charge in [-0.25, -0.2) is 4.98 Å². The molecule has 1 aromatic carbocycles. The molecule has 2 aromatic heterocycles. The van der Waals surface area contributed by atoms with E-state index in [1.54, 1.807) is 6.20 Å². The van der Waals surface area contributed by atoms with Crippen LogP contribution in [0.15, 0.2) is 30.5 Å². The molecule has 4 rings (SSSR count). The van der Waals surface area contributed by atoms with Gasteiger partial charge in [-0.2, -0.15) is 5.10 Å². The Kier molecular flexibility index (Phi) is 4.00. The van der Waals surface area contributed by atoms with Gasteiger partial charge in [-0.05, 0) is 25.1 Å². The van der Waals surface area contributed by atoms with Crippen LogP contribution in [0.4, 0.5) is 5.69 Å². The molecule has 7 heteroatoms. The van der Waals surface area contributed by atoms with Crippen LogP contribution in [0.1, 0.15) is 30.3 Å². The van der Waals surface area contributed by atoms with Crippen molar-refractivity contribution in [3.8, 4) is 0 Å². The number of rotatable bonds is 5. The maximum Gasteiger partial charge on any atom is 0.224 e. The normalized spacial score (nSPS) is 17.4. The van der Waals surface area contributed by atoms with E-state index in [4.69, 9.17) is 0 Å². The SMILES string of the molecule is O=C(CCc1nc2ccccc2[nH]1)Nc1cn[nH]c1C1CCNC1. The summed E-state index contributed by atoms with van der Waals surface area (Å²) in [6.45, 7) is 1.92. The Hall–Kier alpha value is -2.67. The largest absolute Gasteiger partial charge is 0.342 e. The first kappa shape index (κ1) is 14.9. The number of carbonyl (C=O) groups excluding carboxylic acids is 1. The molecule has 4 N–H and O–H groups in total. The summed E-state index contributed by atoms with van der Waals surface area (Å²) in [7, 11) is 0. The highest BCUT2D eigenvalue weighted by Gasteiger charge is 2.22. The third-order valence-electron chi connectivity index (χ3n) is 4.44. The van der Waals surface area contributed by atoms with E-state index in [0.29, 0.717) is 18.8 Å². The lowest BCUT2D eigenvalue weighted by molar-refractivity contribution is -0.116. The zero-order chi connectivity index (χ0) is 16.4. The summed E-state index contributed by atoms with van der Waals surface area (Å²) < 4.78 is 0. The van der Waals surface area contributed by atoms with Crippen molar-refractivity contribution in [1.82, 2.24) is 25.5 Å². The van der Waals surface area contributed by atoms with Crippen LogP contribution in [-0.4, -0.2) is 39.2 Å². The Labute approximate surface area is 139 Å². The minimum Gasteiger partial charge on any atom is -0.342 e. The Morgan fingerprint density at radius 3 is 3.08 bits per heavy atom. The van der Waals surface area contributed by atoms with E-state index >= 15 is 0 Å². The number of fused-ring (bicyclic) bond motifs is 1. The van der Waals surface area contributed by atoms with Crippen molar-refractivity contribution in [1.29, 1.82) is 0 Å². The lowest BCUT2D eigenvalue weighted by Crippen LogP contribution is -2.15. The summed E-state index contributed by atoms with van der Waals surface area (Å²) >= 11 is 0. The van der Waals surface area contributed by atoms with Gasteiger partial charge in [0, 0.05) is 25.3 Å². The van der Waals surface area contributed by atoms with Crippen molar-refractivity contribution in [2.75, 3.05) is 18.4 Å². The van der Waals surface area contributed by atoms with E-state index in [1.807, 2.05) is 24.3 Å². The van der Waals surface area contributed by atoms with Gasteiger partial charge in [-0.1, -0.05) is 12.1 Å². The fourth-order valence-electron chi connectivity index (χ4n) is 3.18. The molecule has 1 atom stereocenters. The van der Waals surface area contributed by atoms with Crippen LogP contribution in [0.25, 0.3) is 11.0 Å². The van der Waals surface area contributed by atoms with Crippen molar-refractivity contribution in [2.45, 2.75) is 25.2 Å². The second-order valence-corrected chi connectivity index (χ2v) is 6.14. The Balaban J connectivity index is 1.37. The Bertz CT molecular complexity index is 813. The van der Waals surface area contributed by atoms with E-state index in [2.05, 4.69) is 30.8 Å². The topological polar surface area (TPSA) is 98.5 Å². The second kappa shape index (κ2) is 6.45. The highest BCUT2D eigenvalue weighted by atomic mass is 16.1. The summed E-state index contributed by atoms with van der Waals surface area (Å²) in [5, 5.41) is 13.4. The molecule has 24 heavy (non-hydrogen) atoms. The van der Waals surface area contributed by atoms with Crippen LogP contribution in [0, 0.1) is 0 Å². The van der Waals surface area contributed by atoms with Crippen molar-refractivity contribution < 1.29 is 4.79 Å². The number of aromatic nitrogens is 4.